The minimum Gasteiger partial charge on any atom is -0.463 e. The van der Waals surface area contributed by atoms with E-state index in [0.717, 1.165) is 6.42 Å². The van der Waals surface area contributed by atoms with Gasteiger partial charge in [0, 0.05) is 6.42 Å². The highest BCUT2D eigenvalue weighted by atomic mass is 16.5. The van der Waals surface area contributed by atoms with Gasteiger partial charge in [-0.15, -0.1) is 0 Å². The predicted octanol–water partition coefficient (Wildman–Crippen LogP) is 6.03. The Bertz CT molecular complexity index is 211. The smallest absolute Gasteiger partial charge is 0.306 e. The fraction of sp³-hybridized carbons (Fsp3) is 0.944. The maximum atomic E-state index is 11.3. The number of unbranched alkanes of at least 4 members (excludes halogenated alkanes) is 11. The molecule has 0 spiro atoms. The van der Waals surface area contributed by atoms with E-state index in [4.69, 9.17) is 4.74 Å². The van der Waals surface area contributed by atoms with Crippen LogP contribution in [0.3, 0.4) is 0 Å². The molecule has 0 rings (SSSR count). The highest BCUT2D eigenvalue weighted by Crippen LogP contribution is 2.12. The van der Waals surface area contributed by atoms with Gasteiger partial charge in [-0.25, -0.2) is 0 Å². The Labute approximate surface area is 126 Å². The second-order valence-corrected chi connectivity index (χ2v) is 6.18. The SMILES string of the molecule is CCCCCCCCCCCCCCC(=O)OC(C)C. The van der Waals surface area contributed by atoms with Gasteiger partial charge in [0.15, 0.2) is 0 Å². The summed E-state index contributed by atoms with van der Waals surface area (Å²) in [6, 6.07) is 0. The zero-order valence-corrected chi connectivity index (χ0v) is 14.1. The lowest BCUT2D eigenvalue weighted by atomic mass is 10.0. The summed E-state index contributed by atoms with van der Waals surface area (Å²) < 4.78 is 5.11. The van der Waals surface area contributed by atoms with E-state index in [2.05, 4.69) is 6.92 Å². The van der Waals surface area contributed by atoms with Crippen LogP contribution < -0.4 is 0 Å². The van der Waals surface area contributed by atoms with Crippen LogP contribution in [0.5, 0.6) is 0 Å². The largest absolute Gasteiger partial charge is 0.463 e. The molecule has 0 fully saturated rings. The summed E-state index contributed by atoms with van der Waals surface area (Å²) in [4.78, 5) is 11.3. The van der Waals surface area contributed by atoms with Gasteiger partial charge in [0.05, 0.1) is 6.10 Å². The van der Waals surface area contributed by atoms with Crippen LogP contribution in [-0.2, 0) is 9.53 Å². The Balaban J connectivity index is 3.08. The maximum absolute atomic E-state index is 11.3. The van der Waals surface area contributed by atoms with Crippen LogP contribution >= 0.6 is 0 Å². The lowest BCUT2D eigenvalue weighted by Gasteiger charge is -2.07. The van der Waals surface area contributed by atoms with Gasteiger partial charge in [0.25, 0.3) is 0 Å². The van der Waals surface area contributed by atoms with Crippen molar-refractivity contribution in [2.24, 2.45) is 0 Å². The Kier molecular flexibility index (Phi) is 14.5. The van der Waals surface area contributed by atoms with Gasteiger partial charge in [-0.2, -0.15) is 0 Å². The van der Waals surface area contributed by atoms with Gasteiger partial charge in [-0.1, -0.05) is 77.6 Å². The van der Waals surface area contributed by atoms with E-state index < -0.39 is 0 Å². The van der Waals surface area contributed by atoms with Crippen LogP contribution in [0.2, 0.25) is 0 Å². The van der Waals surface area contributed by atoms with Crippen molar-refractivity contribution < 1.29 is 9.53 Å². The predicted molar refractivity (Wildman–Crippen MR) is 86.9 cm³/mol. The summed E-state index contributed by atoms with van der Waals surface area (Å²) in [5.74, 6) is -0.0351. The quantitative estimate of drug-likeness (QED) is 0.287. The van der Waals surface area contributed by atoms with Crippen molar-refractivity contribution in [1.82, 2.24) is 0 Å². The Morgan fingerprint density at radius 3 is 1.55 bits per heavy atom. The number of ether oxygens (including phenoxy) is 1. The summed E-state index contributed by atoms with van der Waals surface area (Å²) in [7, 11) is 0. The average Bonchev–Trinajstić information content (AvgIpc) is 2.39. The van der Waals surface area contributed by atoms with Gasteiger partial charge >= 0.3 is 5.97 Å². The number of carbonyl (C=O) groups is 1. The van der Waals surface area contributed by atoms with Crippen molar-refractivity contribution in [2.75, 3.05) is 0 Å². The summed E-state index contributed by atoms with van der Waals surface area (Å²) in [6.07, 6.45) is 16.5. The first-order chi connectivity index (χ1) is 9.66. The molecule has 0 atom stereocenters. The van der Waals surface area contributed by atoms with E-state index >= 15 is 0 Å². The molecule has 0 aliphatic carbocycles. The van der Waals surface area contributed by atoms with Gasteiger partial charge < -0.3 is 4.74 Å². The van der Waals surface area contributed by atoms with Crippen molar-refractivity contribution in [3.8, 4) is 0 Å². The molecule has 20 heavy (non-hydrogen) atoms. The summed E-state index contributed by atoms with van der Waals surface area (Å²) in [5, 5.41) is 0. The molecule has 0 N–H and O–H groups in total. The highest BCUT2D eigenvalue weighted by Gasteiger charge is 2.04. The van der Waals surface area contributed by atoms with E-state index in [1.54, 1.807) is 0 Å². The topological polar surface area (TPSA) is 26.3 Å². The molecule has 0 aromatic carbocycles. The van der Waals surface area contributed by atoms with E-state index in [0.29, 0.717) is 6.42 Å². The molecule has 0 aliphatic heterocycles. The van der Waals surface area contributed by atoms with Crippen LogP contribution in [-0.4, -0.2) is 12.1 Å². The summed E-state index contributed by atoms with van der Waals surface area (Å²) in [6.45, 7) is 6.07. The molecule has 0 unspecified atom stereocenters. The molecule has 0 saturated carbocycles. The fourth-order valence-electron chi connectivity index (χ4n) is 2.43. The Hall–Kier alpha value is -0.530. The molecular weight excluding hydrogens is 248 g/mol. The third-order valence-corrected chi connectivity index (χ3v) is 3.60. The Morgan fingerprint density at radius 1 is 0.750 bits per heavy atom. The van der Waals surface area contributed by atoms with Crippen molar-refractivity contribution in [1.29, 1.82) is 0 Å². The normalized spacial score (nSPS) is 11.0. The van der Waals surface area contributed by atoms with Gasteiger partial charge in [-0.3, -0.25) is 4.79 Å². The van der Waals surface area contributed by atoms with Gasteiger partial charge in [-0.05, 0) is 20.3 Å². The van der Waals surface area contributed by atoms with Crippen molar-refractivity contribution in [3.05, 3.63) is 0 Å². The molecule has 0 aliphatic rings. The first-order valence-electron chi connectivity index (χ1n) is 8.86. The minimum atomic E-state index is -0.0351. The number of hydrogen-bond acceptors (Lipinski definition) is 2. The molecule has 0 saturated heterocycles. The fourth-order valence-corrected chi connectivity index (χ4v) is 2.43. The number of hydrogen-bond donors (Lipinski definition) is 0. The first-order valence-corrected chi connectivity index (χ1v) is 8.86. The van der Waals surface area contributed by atoms with E-state index in [-0.39, 0.29) is 12.1 Å². The lowest BCUT2D eigenvalue weighted by molar-refractivity contribution is -0.147. The lowest BCUT2D eigenvalue weighted by Crippen LogP contribution is -2.10. The number of rotatable bonds is 14. The highest BCUT2D eigenvalue weighted by molar-refractivity contribution is 5.69. The van der Waals surface area contributed by atoms with Gasteiger partial charge in [0.2, 0.25) is 0 Å². The third kappa shape index (κ3) is 15.5. The molecule has 2 nitrogen and oxygen atoms in total. The van der Waals surface area contributed by atoms with Gasteiger partial charge in [0.1, 0.15) is 0 Å². The zero-order valence-electron chi connectivity index (χ0n) is 14.1. The standard InChI is InChI=1S/C18H36O2/c1-4-5-6-7-8-9-10-11-12-13-14-15-16-18(19)20-17(2)3/h17H,4-16H2,1-3H3. The van der Waals surface area contributed by atoms with Crippen LogP contribution in [0, 0.1) is 0 Å². The molecule has 0 radical (unpaired) electrons. The first kappa shape index (κ1) is 19.5. The molecule has 2 heteroatoms. The molecule has 0 bridgehead atoms. The molecule has 0 aromatic heterocycles. The third-order valence-electron chi connectivity index (χ3n) is 3.60. The monoisotopic (exact) mass is 284 g/mol. The van der Waals surface area contributed by atoms with Crippen LogP contribution in [0.25, 0.3) is 0 Å². The van der Waals surface area contributed by atoms with Crippen LogP contribution in [0.4, 0.5) is 0 Å². The minimum absolute atomic E-state index is 0.0276. The molecule has 0 heterocycles. The summed E-state index contributed by atoms with van der Waals surface area (Å²) >= 11 is 0. The van der Waals surface area contributed by atoms with E-state index in [1.807, 2.05) is 13.8 Å². The zero-order chi connectivity index (χ0) is 15.1. The second kappa shape index (κ2) is 14.9. The van der Waals surface area contributed by atoms with E-state index in [1.165, 1.54) is 70.6 Å². The molecule has 0 amide bonds. The molecule has 120 valence electrons. The maximum Gasteiger partial charge on any atom is 0.306 e. The van der Waals surface area contributed by atoms with Crippen molar-refractivity contribution in [2.45, 2.75) is 110 Å². The van der Waals surface area contributed by atoms with Crippen LogP contribution in [0.15, 0.2) is 0 Å². The molecule has 0 aromatic rings. The number of esters is 1. The van der Waals surface area contributed by atoms with Crippen molar-refractivity contribution >= 4 is 5.97 Å². The second-order valence-electron chi connectivity index (χ2n) is 6.18. The van der Waals surface area contributed by atoms with Crippen molar-refractivity contribution in [3.63, 3.8) is 0 Å². The summed E-state index contributed by atoms with van der Waals surface area (Å²) in [5.41, 5.74) is 0. The van der Waals surface area contributed by atoms with Crippen LogP contribution in [0.1, 0.15) is 104 Å². The average molecular weight is 284 g/mol. The van der Waals surface area contributed by atoms with E-state index in [9.17, 15) is 4.79 Å². The molecular formula is C18H36O2. The number of carbonyl (C=O) groups excluding carboxylic acids is 1. The Morgan fingerprint density at radius 2 is 1.15 bits per heavy atom.